The van der Waals surface area contributed by atoms with Crippen LogP contribution in [-0.2, 0) is 11.3 Å². The molecule has 2 atom stereocenters. The highest BCUT2D eigenvalue weighted by molar-refractivity contribution is 6.31. The van der Waals surface area contributed by atoms with Gasteiger partial charge in [-0.15, -0.1) is 0 Å². The Bertz CT molecular complexity index is 1410. The normalized spacial score (nSPS) is 19.4. The third-order valence-electron chi connectivity index (χ3n) is 7.00. The van der Waals surface area contributed by atoms with Crippen LogP contribution < -0.4 is 15.8 Å². The average Bonchev–Trinajstić information content (AvgIpc) is 2.80. The molecule has 0 radical (unpaired) electrons. The molecule has 2 heterocycles. The number of hydrogen-bond donors (Lipinski definition) is 3. The van der Waals surface area contributed by atoms with Crippen molar-refractivity contribution in [2.24, 2.45) is 11.1 Å². The van der Waals surface area contributed by atoms with E-state index >= 15 is 0 Å². The maximum Gasteiger partial charge on any atom is 0.407 e. The van der Waals surface area contributed by atoms with Gasteiger partial charge in [-0.05, 0) is 30.7 Å². The van der Waals surface area contributed by atoms with E-state index in [1.807, 2.05) is 20.8 Å². The van der Waals surface area contributed by atoms with Crippen molar-refractivity contribution in [2.75, 3.05) is 26.0 Å². The van der Waals surface area contributed by atoms with Crippen LogP contribution in [0.5, 0.6) is 5.75 Å². The van der Waals surface area contributed by atoms with Gasteiger partial charge >= 0.3 is 6.09 Å². The summed E-state index contributed by atoms with van der Waals surface area (Å²) in [4.78, 5) is 36.4. The first-order chi connectivity index (χ1) is 17.8. The number of ether oxygens (including phenoxy) is 1. The Kier molecular flexibility index (Phi) is 7.11. The second kappa shape index (κ2) is 9.88. The summed E-state index contributed by atoms with van der Waals surface area (Å²) >= 11 is 5.93. The van der Waals surface area contributed by atoms with Crippen LogP contribution in [0.15, 0.2) is 36.7 Å². The van der Waals surface area contributed by atoms with Gasteiger partial charge < -0.3 is 20.9 Å². The number of carbonyl (C=O) groups excluding carboxylic acids is 1. The number of fused-ring (bicyclic) bond motifs is 1. The highest BCUT2D eigenvalue weighted by Crippen LogP contribution is 2.45. The second-order valence-corrected chi connectivity index (χ2v) is 10.9. The molecule has 10 nitrogen and oxygen atoms in total. The minimum Gasteiger partial charge on any atom is -0.496 e. The Balaban J connectivity index is 1.76. The quantitative estimate of drug-likeness (QED) is 0.402. The molecule has 1 aromatic heterocycles. The number of benzene rings is 2. The van der Waals surface area contributed by atoms with E-state index in [4.69, 9.17) is 22.1 Å². The molecule has 1 saturated heterocycles. The number of nitrogens with one attached hydrogen (secondary N) is 1. The van der Waals surface area contributed by atoms with Crippen LogP contribution >= 0.6 is 11.6 Å². The Labute approximate surface area is 224 Å². The summed E-state index contributed by atoms with van der Waals surface area (Å²) in [7, 11) is 3.25. The van der Waals surface area contributed by atoms with Crippen LogP contribution in [0.4, 0.5) is 20.7 Å². The minimum atomic E-state index is -1.24. The first kappa shape index (κ1) is 27.3. The molecule has 38 heavy (non-hydrogen) atoms. The number of likely N-dealkylation sites (tertiary alicyclic amines) is 1. The van der Waals surface area contributed by atoms with Crippen LogP contribution in [0.2, 0.25) is 5.02 Å². The first-order valence-electron chi connectivity index (χ1n) is 11.8. The molecule has 12 heteroatoms. The molecule has 0 saturated carbocycles. The van der Waals surface area contributed by atoms with E-state index in [2.05, 4.69) is 15.3 Å². The van der Waals surface area contributed by atoms with Crippen LogP contribution in [0, 0.1) is 11.2 Å². The first-order valence-corrected chi connectivity index (χ1v) is 12.2. The van der Waals surface area contributed by atoms with Crippen LogP contribution in [-0.4, -0.2) is 69.2 Å². The lowest BCUT2D eigenvalue weighted by molar-refractivity contribution is -0.163. The molecule has 4 rings (SSSR count). The number of aromatic nitrogens is 2. The number of nitrogens with two attached hydrogens (primary N) is 1. The van der Waals surface area contributed by atoms with Crippen molar-refractivity contribution in [3.63, 3.8) is 0 Å². The van der Waals surface area contributed by atoms with Gasteiger partial charge in [0.05, 0.1) is 35.9 Å². The highest BCUT2D eigenvalue weighted by atomic mass is 35.5. The fraction of sp³-hybridized carbons (Fsp3) is 0.385. The van der Waals surface area contributed by atoms with E-state index in [1.54, 1.807) is 36.2 Å². The number of nitrogens with zero attached hydrogens (tertiary/aromatic N) is 4. The molecule has 1 aliphatic rings. The molecule has 1 fully saturated rings. The molecule has 0 spiro atoms. The lowest BCUT2D eigenvalue weighted by atomic mass is 9.65. The number of anilines is 2. The SMILES string of the molecule is COc1cc2ncnc(Nc3cccc(Cl)c3F)c2cc1CN(C)C1(C(N)=O)CN(C(=O)O)C1C(C)(C)C. The summed E-state index contributed by atoms with van der Waals surface area (Å²) in [5.74, 6) is -0.372. The van der Waals surface area contributed by atoms with Gasteiger partial charge in [-0.1, -0.05) is 38.4 Å². The number of amides is 2. The zero-order valence-electron chi connectivity index (χ0n) is 21.7. The third-order valence-corrected chi connectivity index (χ3v) is 7.29. The summed E-state index contributed by atoms with van der Waals surface area (Å²) in [5.41, 5.74) is 5.49. The molecule has 202 valence electrons. The number of hydrogen-bond acceptors (Lipinski definition) is 7. The Morgan fingerprint density at radius 3 is 2.66 bits per heavy atom. The maximum absolute atomic E-state index is 14.6. The lowest BCUT2D eigenvalue weighted by Gasteiger charge is -2.62. The fourth-order valence-electron chi connectivity index (χ4n) is 5.34. The molecule has 4 N–H and O–H groups in total. The predicted molar refractivity (Wildman–Crippen MR) is 142 cm³/mol. The fourth-order valence-corrected chi connectivity index (χ4v) is 5.52. The molecule has 3 aromatic rings. The van der Waals surface area contributed by atoms with Crippen molar-refractivity contribution in [3.05, 3.63) is 53.1 Å². The van der Waals surface area contributed by atoms with E-state index in [0.29, 0.717) is 28.0 Å². The maximum atomic E-state index is 14.6. The van der Waals surface area contributed by atoms with Crippen molar-refractivity contribution in [1.82, 2.24) is 19.8 Å². The summed E-state index contributed by atoms with van der Waals surface area (Å²) in [5, 5.41) is 13.3. The van der Waals surface area contributed by atoms with E-state index in [0.717, 1.165) is 0 Å². The van der Waals surface area contributed by atoms with Gasteiger partial charge in [0.25, 0.3) is 0 Å². The standard InChI is InChI=1S/C26H30ClFN6O4/c1-25(2,3)22-26(23(29)35,12-34(22)24(36)37)33(4)11-14-9-15-18(10-19(14)38-5)30-13-31-21(15)32-17-8-6-7-16(27)20(17)28/h6-10,13,22H,11-12H2,1-5H3,(H2,29,35)(H,36,37)(H,30,31,32). The summed E-state index contributed by atoms with van der Waals surface area (Å²) in [6.07, 6.45) is 0.239. The summed E-state index contributed by atoms with van der Waals surface area (Å²) < 4.78 is 20.2. The highest BCUT2D eigenvalue weighted by Gasteiger charge is 2.64. The molecule has 0 bridgehead atoms. The van der Waals surface area contributed by atoms with Gasteiger partial charge in [0.15, 0.2) is 5.82 Å². The summed E-state index contributed by atoms with van der Waals surface area (Å²) in [6.45, 7) is 5.76. The zero-order valence-corrected chi connectivity index (χ0v) is 22.5. The molecule has 2 aromatic carbocycles. The second-order valence-electron chi connectivity index (χ2n) is 10.5. The third kappa shape index (κ3) is 4.56. The topological polar surface area (TPSA) is 134 Å². The van der Waals surface area contributed by atoms with Crippen molar-refractivity contribution < 1.29 is 23.8 Å². The van der Waals surface area contributed by atoms with Crippen LogP contribution in [0.25, 0.3) is 10.9 Å². The molecule has 2 unspecified atom stereocenters. The number of likely N-dealkylation sites (N-methyl/N-ethyl adjacent to an activating group) is 1. The predicted octanol–water partition coefficient (Wildman–Crippen LogP) is 4.24. The van der Waals surface area contributed by atoms with E-state index < -0.39 is 34.8 Å². The van der Waals surface area contributed by atoms with Gasteiger partial charge in [0.2, 0.25) is 5.91 Å². The molecular formula is C26H30ClFN6O4. The van der Waals surface area contributed by atoms with Gasteiger partial charge in [-0.2, -0.15) is 0 Å². The van der Waals surface area contributed by atoms with E-state index in [9.17, 15) is 19.1 Å². The number of methoxy groups -OCH3 is 1. The number of carboxylic acid groups (broad SMARTS) is 1. The van der Waals surface area contributed by atoms with Crippen molar-refractivity contribution >= 4 is 46.0 Å². The Morgan fingerprint density at radius 1 is 1.34 bits per heavy atom. The lowest BCUT2D eigenvalue weighted by Crippen LogP contribution is -2.83. The van der Waals surface area contributed by atoms with Gasteiger partial charge in [-0.25, -0.2) is 19.2 Å². The molecular weight excluding hydrogens is 515 g/mol. The van der Waals surface area contributed by atoms with Crippen molar-refractivity contribution in [1.29, 1.82) is 0 Å². The van der Waals surface area contributed by atoms with Gasteiger partial charge in [0, 0.05) is 23.6 Å². The number of primary amides is 1. The minimum absolute atomic E-state index is 0.0293. The Morgan fingerprint density at radius 2 is 2.05 bits per heavy atom. The molecule has 0 aliphatic carbocycles. The number of halogens is 2. The average molecular weight is 545 g/mol. The van der Waals surface area contributed by atoms with E-state index in [1.165, 1.54) is 24.4 Å². The number of rotatable bonds is 7. The van der Waals surface area contributed by atoms with Gasteiger partial charge in [0.1, 0.15) is 23.4 Å². The smallest absolute Gasteiger partial charge is 0.407 e. The molecule has 1 aliphatic heterocycles. The largest absolute Gasteiger partial charge is 0.496 e. The summed E-state index contributed by atoms with van der Waals surface area (Å²) in [6, 6.07) is 7.46. The zero-order chi connectivity index (χ0) is 28.0. The van der Waals surface area contributed by atoms with Crippen LogP contribution in [0.3, 0.4) is 0 Å². The van der Waals surface area contributed by atoms with Crippen molar-refractivity contribution in [3.8, 4) is 5.75 Å². The van der Waals surface area contributed by atoms with Gasteiger partial charge in [-0.3, -0.25) is 14.6 Å². The van der Waals surface area contributed by atoms with Crippen LogP contribution in [0.1, 0.15) is 26.3 Å². The number of carbonyl (C=O) groups is 2. The van der Waals surface area contributed by atoms with Crippen molar-refractivity contribution in [2.45, 2.75) is 38.9 Å². The monoisotopic (exact) mass is 544 g/mol. The van der Waals surface area contributed by atoms with E-state index in [-0.39, 0.29) is 23.8 Å². The molecule has 2 amide bonds. The Hall–Kier alpha value is -3.70.